The van der Waals surface area contributed by atoms with Gasteiger partial charge in [0.05, 0.1) is 23.2 Å². The average molecular weight is 683 g/mol. The van der Waals surface area contributed by atoms with Crippen LogP contribution >= 0.6 is 34.9 Å². The first kappa shape index (κ1) is 35.2. The van der Waals surface area contributed by atoms with Crippen molar-refractivity contribution < 1.29 is 48.3 Å². The zero-order valence-corrected chi connectivity index (χ0v) is 27.4. The van der Waals surface area contributed by atoms with Crippen molar-refractivity contribution in [1.82, 2.24) is 25.1 Å². The highest BCUT2D eigenvalue weighted by Gasteiger charge is 2.62. The molecule has 45 heavy (non-hydrogen) atoms. The number of nitrogen functional groups attached to an aromatic ring is 1. The van der Waals surface area contributed by atoms with Crippen LogP contribution in [0.5, 0.6) is 0 Å². The highest BCUT2D eigenvalue weighted by Crippen LogP contribution is 2.41. The number of aliphatic carboxylic acids is 1. The Labute approximate surface area is 268 Å². The molecular formula is C25H30N8O9S3. The summed E-state index contributed by atoms with van der Waals surface area (Å²) in [5.41, 5.74) is 5.25. The second kappa shape index (κ2) is 14.2. The normalized spacial score (nSPS) is 19.5. The molecule has 2 amide bonds. The van der Waals surface area contributed by atoms with Crippen molar-refractivity contribution >= 4 is 81.1 Å². The summed E-state index contributed by atoms with van der Waals surface area (Å²) in [6, 6.07) is -2.12. The molecule has 1 aliphatic heterocycles. The Morgan fingerprint density at radius 3 is 2.44 bits per heavy atom. The molecule has 3 heterocycles. The van der Waals surface area contributed by atoms with E-state index in [9.17, 15) is 29.1 Å². The van der Waals surface area contributed by atoms with Crippen LogP contribution in [0, 0.1) is 5.41 Å². The molecule has 242 valence electrons. The van der Waals surface area contributed by atoms with Gasteiger partial charge in [0, 0.05) is 12.4 Å². The van der Waals surface area contributed by atoms with E-state index in [0.29, 0.717) is 10.1 Å². The number of anilines is 1. The third kappa shape index (κ3) is 7.68. The molecule has 1 aliphatic carbocycles. The molecule has 1 unspecified atom stereocenters. The molecule has 1 fully saturated rings. The fourth-order valence-electron chi connectivity index (χ4n) is 3.78. The Hall–Kier alpha value is -4.30. The molecule has 2 aliphatic rings. The quantitative estimate of drug-likeness (QED) is 0.107. The number of Topliss-reactive ketones (excluding diaryl/α,β-unsaturated/α-hetero) is 1. The average Bonchev–Trinajstić information content (AvgIpc) is 3.57. The molecule has 4 rings (SSSR count). The van der Waals surface area contributed by atoms with Crippen molar-refractivity contribution in [3.05, 3.63) is 28.4 Å². The number of rotatable bonds is 8. The summed E-state index contributed by atoms with van der Waals surface area (Å²) in [5, 5.41) is 35.7. The molecule has 1 saturated carbocycles. The number of ketones is 1. The number of esters is 1. The molecule has 0 radical (unpaired) electrons. The van der Waals surface area contributed by atoms with E-state index in [1.807, 2.05) is 0 Å². The van der Waals surface area contributed by atoms with E-state index in [0.717, 1.165) is 39.4 Å². The number of carboxylic acid groups (broad SMARTS) is 2. The van der Waals surface area contributed by atoms with Gasteiger partial charge in [0.1, 0.15) is 24.1 Å². The number of carbonyl (C=O) groups is 5. The van der Waals surface area contributed by atoms with Gasteiger partial charge < -0.3 is 35.6 Å². The number of thioether (sulfide) groups is 2. The van der Waals surface area contributed by atoms with Crippen LogP contribution in [0.3, 0.4) is 0 Å². The second-order valence-corrected chi connectivity index (χ2v) is 13.4. The number of allylic oxidation sites excluding steroid dienone is 1. The second-order valence-electron chi connectivity index (χ2n) is 10.3. The molecular weight excluding hydrogens is 653 g/mol. The smallest absolute Gasteiger partial charge is 0.376 e. The van der Waals surface area contributed by atoms with Crippen molar-refractivity contribution in [1.29, 1.82) is 0 Å². The SMILES string of the molecule is C=C1S[C@H]2C(C(=O)[C@H]2NC(=O)/C(=N\OC)c2csc(N)n2)[N+](C(=O)[O-])=C1CSc1nnc(C(=O)OC)n1C.CC(C)(C)C(=O)O. The van der Waals surface area contributed by atoms with Crippen LogP contribution < -0.4 is 16.2 Å². The van der Waals surface area contributed by atoms with Crippen molar-refractivity contribution in [3.63, 3.8) is 0 Å². The Balaban J connectivity index is 0.000000707. The topological polar surface area (TPSA) is 244 Å². The van der Waals surface area contributed by atoms with E-state index in [1.54, 1.807) is 27.8 Å². The van der Waals surface area contributed by atoms with Gasteiger partial charge in [0.25, 0.3) is 5.91 Å². The minimum Gasteiger partial charge on any atom is -0.490 e. The third-order valence-corrected chi connectivity index (χ3v) is 9.26. The van der Waals surface area contributed by atoms with Gasteiger partial charge in [0.15, 0.2) is 16.0 Å². The number of ether oxygens (including phenoxy) is 1. The van der Waals surface area contributed by atoms with E-state index < -0.39 is 52.5 Å². The fraction of sp³-hybridized carbons (Fsp3) is 0.440. The maximum Gasteiger partial charge on any atom is 0.376 e. The number of nitrogens with one attached hydrogen (secondary N) is 1. The van der Waals surface area contributed by atoms with Crippen LogP contribution in [-0.2, 0) is 31.0 Å². The highest BCUT2D eigenvalue weighted by atomic mass is 32.2. The van der Waals surface area contributed by atoms with E-state index in [1.165, 1.54) is 24.2 Å². The summed E-state index contributed by atoms with van der Waals surface area (Å²) in [5.74, 6) is -2.70. The molecule has 0 saturated heterocycles. The number of thiazole rings is 1. The lowest BCUT2D eigenvalue weighted by Crippen LogP contribution is -2.73. The van der Waals surface area contributed by atoms with Crippen molar-refractivity contribution in [2.75, 3.05) is 25.7 Å². The van der Waals surface area contributed by atoms with Gasteiger partial charge in [-0.15, -0.1) is 33.3 Å². The fourth-order valence-corrected chi connectivity index (χ4v) is 6.74. The van der Waals surface area contributed by atoms with Gasteiger partial charge in [-0.2, -0.15) is 4.58 Å². The first-order chi connectivity index (χ1) is 21.0. The summed E-state index contributed by atoms with van der Waals surface area (Å²) in [7, 11) is 4.02. The van der Waals surface area contributed by atoms with Crippen molar-refractivity contribution in [3.8, 4) is 0 Å². The number of nitrogens with two attached hydrogens (primary N) is 1. The van der Waals surface area contributed by atoms with Gasteiger partial charge in [-0.05, 0) is 20.8 Å². The van der Waals surface area contributed by atoms with E-state index in [-0.39, 0.29) is 33.8 Å². The minimum absolute atomic E-state index is 0.0295. The lowest BCUT2D eigenvalue weighted by Gasteiger charge is -2.42. The van der Waals surface area contributed by atoms with Crippen LogP contribution in [0.2, 0.25) is 0 Å². The monoisotopic (exact) mass is 682 g/mol. The maximum atomic E-state index is 13.1. The maximum absolute atomic E-state index is 13.1. The lowest BCUT2D eigenvalue weighted by atomic mass is 9.83. The number of methoxy groups -OCH3 is 1. The number of hydrogen-bond acceptors (Lipinski definition) is 16. The van der Waals surface area contributed by atoms with Crippen LogP contribution in [-0.4, -0.2) is 108 Å². The summed E-state index contributed by atoms with van der Waals surface area (Å²) < 4.78 is 6.90. The summed E-state index contributed by atoms with van der Waals surface area (Å²) >= 11 is 3.35. The minimum atomic E-state index is -1.59. The van der Waals surface area contributed by atoms with Crippen molar-refractivity contribution in [2.24, 2.45) is 17.6 Å². The number of oxime groups is 1. The lowest BCUT2D eigenvalue weighted by molar-refractivity contribution is -0.539. The van der Waals surface area contributed by atoms with E-state index >= 15 is 0 Å². The standard InChI is InChI=1S/C20H20N8O7S3.C5H10O2/c1-7-9(6-37-19-25-24-15(27(19)2)17(31)34-3)28(20(32)33)12-13(29)11(14(12)38-7)23-16(30)10(26-35-4)8-5-36-18(21)22-8;1-5(2,3)4(6)7/h5,11-12,14H,1,6H2,2-4H3,(H3-,21,22,23,30,32,33);1-3H3,(H,6,7)/b26-10-;/t11-,12?,14-;/m1./s1. The van der Waals surface area contributed by atoms with Gasteiger partial charge in [-0.25, -0.2) is 9.78 Å². The largest absolute Gasteiger partial charge is 0.490 e. The van der Waals surface area contributed by atoms with E-state index in [2.05, 4.69) is 37.0 Å². The number of hydrogen-bond donors (Lipinski definition) is 3. The Bertz CT molecular complexity index is 1610. The predicted molar refractivity (Wildman–Crippen MR) is 162 cm³/mol. The Morgan fingerprint density at radius 1 is 1.29 bits per heavy atom. The zero-order chi connectivity index (χ0) is 33.8. The van der Waals surface area contributed by atoms with Crippen molar-refractivity contribution in [2.45, 2.75) is 43.3 Å². The van der Waals surface area contributed by atoms with E-state index in [4.69, 9.17) is 15.7 Å². The van der Waals surface area contributed by atoms with Crippen LogP contribution in [0.1, 0.15) is 37.1 Å². The highest BCUT2D eigenvalue weighted by molar-refractivity contribution is 8.05. The number of carbonyl (C=O) groups excluding carboxylic acids is 4. The first-order valence-electron chi connectivity index (χ1n) is 12.8. The van der Waals surface area contributed by atoms with Crippen LogP contribution in [0.25, 0.3) is 0 Å². The Morgan fingerprint density at radius 2 is 1.93 bits per heavy atom. The van der Waals surface area contributed by atoms with Crippen LogP contribution in [0.15, 0.2) is 27.2 Å². The molecule has 0 aromatic carbocycles. The molecule has 2 aromatic heterocycles. The number of aromatic nitrogens is 4. The molecule has 3 atom stereocenters. The van der Waals surface area contributed by atoms with Crippen LogP contribution in [0.4, 0.5) is 9.93 Å². The van der Waals surface area contributed by atoms with Gasteiger partial charge >= 0.3 is 18.0 Å². The molecule has 2 aromatic rings. The summed E-state index contributed by atoms with van der Waals surface area (Å²) in [6.07, 6.45) is -1.59. The first-order valence-corrected chi connectivity index (χ1v) is 15.5. The molecule has 17 nitrogen and oxygen atoms in total. The number of carboxylic acids is 1. The zero-order valence-electron chi connectivity index (χ0n) is 24.9. The number of nitrogens with zero attached hydrogens (tertiary/aromatic N) is 6. The number of fused-ring (bicyclic) bond motifs is 1. The predicted octanol–water partition coefficient (Wildman–Crippen LogP) is -0.238. The van der Waals surface area contributed by atoms with Gasteiger partial charge in [-0.1, -0.05) is 23.5 Å². The molecule has 20 heteroatoms. The van der Waals surface area contributed by atoms with Gasteiger partial charge in [0.2, 0.25) is 23.4 Å². The third-order valence-electron chi connectivity index (χ3n) is 6.23. The Kier molecular flexibility index (Phi) is 11.1. The summed E-state index contributed by atoms with van der Waals surface area (Å²) in [4.78, 5) is 69.0. The number of amides is 2. The molecule has 0 spiro atoms. The molecule has 4 N–H and O–H groups in total. The summed E-state index contributed by atoms with van der Waals surface area (Å²) in [6.45, 7) is 8.94. The van der Waals surface area contributed by atoms with Gasteiger partial charge in [-0.3, -0.25) is 19.0 Å². The molecule has 0 bridgehead atoms.